The second kappa shape index (κ2) is 9.40. The molecule has 1 amide bonds. The van der Waals surface area contributed by atoms with Crippen molar-refractivity contribution in [1.29, 1.82) is 0 Å². The molecule has 4 heterocycles. The molecule has 0 bridgehead atoms. The van der Waals surface area contributed by atoms with Crippen molar-refractivity contribution in [2.24, 2.45) is 5.92 Å². The van der Waals surface area contributed by atoms with E-state index in [4.69, 9.17) is 4.98 Å². The molecule has 4 aromatic rings. The van der Waals surface area contributed by atoms with E-state index in [-0.39, 0.29) is 23.7 Å². The highest BCUT2D eigenvalue weighted by atomic mass is 19.1. The van der Waals surface area contributed by atoms with Gasteiger partial charge < -0.3 is 15.5 Å². The average Bonchev–Trinajstić information content (AvgIpc) is 2.88. The lowest BCUT2D eigenvalue weighted by Gasteiger charge is -2.34. The number of halogens is 1. The quantitative estimate of drug-likeness (QED) is 0.449. The van der Waals surface area contributed by atoms with E-state index in [0.717, 1.165) is 40.5 Å². The summed E-state index contributed by atoms with van der Waals surface area (Å²) in [4.78, 5) is 32.2. The van der Waals surface area contributed by atoms with E-state index in [1.807, 2.05) is 12.1 Å². The van der Waals surface area contributed by atoms with Gasteiger partial charge in [-0.05, 0) is 50.5 Å². The van der Waals surface area contributed by atoms with Gasteiger partial charge in [-0.1, -0.05) is 0 Å². The number of hydrogen-bond acceptors (Lipinski definition) is 7. The van der Waals surface area contributed by atoms with Crippen LogP contribution in [0.4, 0.5) is 16.0 Å². The molecule has 35 heavy (non-hydrogen) atoms. The largest absolute Gasteiger partial charge is 0.363 e. The molecule has 2 N–H and O–H groups in total. The third-order valence-corrected chi connectivity index (χ3v) is 6.77. The number of aryl methyl sites for hydroxylation is 1. The molecule has 1 aromatic carbocycles. The van der Waals surface area contributed by atoms with Crippen LogP contribution in [-0.4, -0.2) is 46.0 Å². The minimum atomic E-state index is -0.269. The van der Waals surface area contributed by atoms with Gasteiger partial charge in [-0.2, -0.15) is 0 Å². The van der Waals surface area contributed by atoms with E-state index in [1.54, 1.807) is 26.4 Å². The van der Waals surface area contributed by atoms with Crippen molar-refractivity contribution in [1.82, 2.24) is 25.3 Å². The molecule has 0 spiro atoms. The van der Waals surface area contributed by atoms with Crippen molar-refractivity contribution in [3.63, 3.8) is 0 Å². The molecule has 9 heteroatoms. The summed E-state index contributed by atoms with van der Waals surface area (Å²) in [5.74, 6) is 1.32. The van der Waals surface area contributed by atoms with Gasteiger partial charge in [0.1, 0.15) is 23.8 Å². The van der Waals surface area contributed by atoms with E-state index < -0.39 is 0 Å². The van der Waals surface area contributed by atoms with E-state index >= 15 is 0 Å². The van der Waals surface area contributed by atoms with Crippen LogP contribution in [0.1, 0.15) is 36.9 Å². The fourth-order valence-corrected chi connectivity index (χ4v) is 4.75. The van der Waals surface area contributed by atoms with E-state index in [2.05, 4.69) is 43.5 Å². The summed E-state index contributed by atoms with van der Waals surface area (Å²) in [6.07, 6.45) is 6.44. The van der Waals surface area contributed by atoms with Gasteiger partial charge in [0.2, 0.25) is 5.91 Å². The Kier molecular flexibility index (Phi) is 6.15. The zero-order valence-corrected chi connectivity index (χ0v) is 20.0. The van der Waals surface area contributed by atoms with Crippen LogP contribution >= 0.6 is 0 Å². The molecule has 0 saturated carbocycles. The molecule has 5 rings (SSSR count). The van der Waals surface area contributed by atoms with Gasteiger partial charge in [0.15, 0.2) is 0 Å². The first-order valence-electron chi connectivity index (χ1n) is 11.8. The fourth-order valence-electron chi connectivity index (χ4n) is 4.75. The lowest BCUT2D eigenvalue weighted by Crippen LogP contribution is -2.40. The standard InChI is InChI=1S/C26H28FN7O/c1-15-10-18-11-20(16(2)32-24-19-4-7-29-13-23(19)30-14-31-24)25(33-22(18)12-21(15)27)34-8-5-17(6-9-34)26(35)28-3/h4,7,10-14,16-17H,5-6,8-9H2,1-3H3,(H,28,35)(H,30,31,32)/t16-/m0/s1. The van der Waals surface area contributed by atoms with Crippen molar-refractivity contribution in [2.75, 3.05) is 30.4 Å². The van der Waals surface area contributed by atoms with Crippen molar-refractivity contribution in [2.45, 2.75) is 32.7 Å². The summed E-state index contributed by atoms with van der Waals surface area (Å²) in [5, 5.41) is 8.04. The monoisotopic (exact) mass is 473 g/mol. The summed E-state index contributed by atoms with van der Waals surface area (Å²) >= 11 is 0. The number of rotatable bonds is 5. The molecule has 1 fully saturated rings. The molecule has 1 atom stereocenters. The predicted octanol–water partition coefficient (Wildman–Crippen LogP) is 4.16. The van der Waals surface area contributed by atoms with Crippen molar-refractivity contribution < 1.29 is 9.18 Å². The summed E-state index contributed by atoms with van der Waals surface area (Å²) in [6, 6.07) is 7.16. The van der Waals surface area contributed by atoms with Crippen molar-refractivity contribution >= 4 is 39.3 Å². The minimum absolute atomic E-state index is 0.00297. The molecule has 1 aliphatic heterocycles. The first-order chi connectivity index (χ1) is 16.9. The number of aromatic nitrogens is 4. The lowest BCUT2D eigenvalue weighted by atomic mass is 9.95. The highest BCUT2D eigenvalue weighted by Gasteiger charge is 2.27. The second-order valence-electron chi connectivity index (χ2n) is 9.05. The van der Waals surface area contributed by atoms with Crippen LogP contribution in [0.2, 0.25) is 0 Å². The number of pyridine rings is 2. The predicted molar refractivity (Wildman–Crippen MR) is 135 cm³/mol. The number of hydrogen-bond donors (Lipinski definition) is 2. The Bertz CT molecular complexity index is 1400. The van der Waals surface area contributed by atoms with Crippen LogP contribution < -0.4 is 15.5 Å². The molecular formula is C26H28FN7O. The maximum Gasteiger partial charge on any atom is 0.222 e. The topological polar surface area (TPSA) is 95.9 Å². The number of fused-ring (bicyclic) bond motifs is 2. The summed E-state index contributed by atoms with van der Waals surface area (Å²) < 4.78 is 14.4. The maximum atomic E-state index is 14.4. The lowest BCUT2D eigenvalue weighted by molar-refractivity contribution is -0.125. The Labute approximate surface area is 203 Å². The van der Waals surface area contributed by atoms with Gasteiger partial charge in [-0.3, -0.25) is 9.78 Å². The number of nitrogens with zero attached hydrogens (tertiary/aromatic N) is 5. The smallest absolute Gasteiger partial charge is 0.222 e. The molecule has 0 radical (unpaired) electrons. The molecule has 0 aliphatic carbocycles. The second-order valence-corrected chi connectivity index (χ2v) is 9.05. The number of nitrogens with one attached hydrogen (secondary N) is 2. The van der Waals surface area contributed by atoms with Gasteiger partial charge in [0, 0.05) is 54.7 Å². The number of amides is 1. The van der Waals surface area contributed by atoms with Crippen LogP contribution in [0.15, 0.2) is 43.0 Å². The first kappa shape index (κ1) is 22.9. The summed E-state index contributed by atoms with van der Waals surface area (Å²) in [5.41, 5.74) is 2.95. The Balaban J connectivity index is 1.53. The third-order valence-electron chi connectivity index (χ3n) is 6.77. The van der Waals surface area contributed by atoms with Gasteiger partial charge >= 0.3 is 0 Å². The van der Waals surface area contributed by atoms with Gasteiger partial charge in [0.25, 0.3) is 0 Å². The van der Waals surface area contributed by atoms with Crippen LogP contribution in [0.3, 0.4) is 0 Å². The number of carbonyl (C=O) groups is 1. The number of piperidine rings is 1. The first-order valence-corrected chi connectivity index (χ1v) is 11.8. The Morgan fingerprint density at radius 1 is 1.17 bits per heavy atom. The van der Waals surface area contributed by atoms with Crippen molar-refractivity contribution in [3.05, 3.63) is 59.9 Å². The molecular weight excluding hydrogens is 445 g/mol. The summed E-state index contributed by atoms with van der Waals surface area (Å²) in [6.45, 7) is 5.23. The van der Waals surface area contributed by atoms with Gasteiger partial charge in [0.05, 0.1) is 23.3 Å². The van der Waals surface area contributed by atoms with Gasteiger partial charge in [-0.15, -0.1) is 0 Å². The number of benzene rings is 1. The Morgan fingerprint density at radius 2 is 1.97 bits per heavy atom. The van der Waals surface area contributed by atoms with E-state index in [9.17, 15) is 9.18 Å². The fraction of sp³-hybridized carbons (Fsp3) is 0.346. The molecule has 1 aliphatic rings. The molecule has 180 valence electrons. The highest BCUT2D eigenvalue weighted by molar-refractivity contribution is 5.88. The minimum Gasteiger partial charge on any atom is -0.363 e. The van der Waals surface area contributed by atoms with Crippen LogP contribution in [-0.2, 0) is 4.79 Å². The molecule has 8 nitrogen and oxygen atoms in total. The maximum absolute atomic E-state index is 14.4. The van der Waals surface area contributed by atoms with E-state index in [0.29, 0.717) is 30.0 Å². The van der Waals surface area contributed by atoms with Crippen LogP contribution in [0.25, 0.3) is 21.8 Å². The summed E-state index contributed by atoms with van der Waals surface area (Å²) in [7, 11) is 1.68. The van der Waals surface area contributed by atoms with Gasteiger partial charge in [-0.25, -0.2) is 19.3 Å². The molecule has 1 saturated heterocycles. The highest BCUT2D eigenvalue weighted by Crippen LogP contribution is 2.34. The normalized spacial score (nSPS) is 15.4. The number of carbonyl (C=O) groups excluding carboxylic acids is 1. The SMILES string of the molecule is CNC(=O)C1CCN(c2nc3cc(F)c(C)cc3cc2[C@H](C)Nc2ncnc3cnccc23)CC1. The average molecular weight is 474 g/mol. The zero-order chi connectivity index (χ0) is 24.5. The number of anilines is 2. The van der Waals surface area contributed by atoms with Crippen LogP contribution in [0, 0.1) is 18.7 Å². The Hall–Kier alpha value is -3.88. The van der Waals surface area contributed by atoms with Crippen LogP contribution in [0.5, 0.6) is 0 Å². The molecule has 0 unspecified atom stereocenters. The third kappa shape index (κ3) is 4.45. The zero-order valence-electron chi connectivity index (χ0n) is 20.0. The van der Waals surface area contributed by atoms with Crippen molar-refractivity contribution in [3.8, 4) is 0 Å². The molecule has 3 aromatic heterocycles. The van der Waals surface area contributed by atoms with E-state index in [1.165, 1.54) is 12.4 Å². The Morgan fingerprint density at radius 3 is 2.74 bits per heavy atom.